The minimum Gasteiger partial charge on any atom is -0.493 e. The summed E-state index contributed by atoms with van der Waals surface area (Å²) in [5, 5.41) is 0. The molecule has 3 N–H and O–H groups in total. The second-order valence-corrected chi connectivity index (χ2v) is 8.86. The molecular weight excluding hydrogens is 462 g/mol. The highest BCUT2D eigenvalue weighted by molar-refractivity contribution is 5.98. The molecule has 0 unspecified atom stereocenters. The summed E-state index contributed by atoms with van der Waals surface area (Å²) in [6, 6.07) is 14.6. The van der Waals surface area contributed by atoms with Crippen molar-refractivity contribution in [1.82, 2.24) is 9.55 Å². The van der Waals surface area contributed by atoms with Crippen molar-refractivity contribution in [3.63, 3.8) is 0 Å². The van der Waals surface area contributed by atoms with Gasteiger partial charge in [-0.1, -0.05) is 44.2 Å². The molecule has 0 saturated carbocycles. The zero-order chi connectivity index (χ0) is 26.4. The molecule has 0 radical (unpaired) electrons. The van der Waals surface area contributed by atoms with E-state index in [1.165, 1.54) is 16.6 Å². The first-order chi connectivity index (χ1) is 17.2. The molecule has 2 aromatic carbocycles. The molecular formula is C26H33N5O5. The van der Waals surface area contributed by atoms with Gasteiger partial charge in [-0.2, -0.15) is 0 Å². The van der Waals surface area contributed by atoms with E-state index >= 15 is 0 Å². The number of nitrogen functional groups attached to an aromatic ring is 1. The third kappa shape index (κ3) is 5.88. The third-order valence-corrected chi connectivity index (χ3v) is 5.70. The van der Waals surface area contributed by atoms with Crippen LogP contribution in [-0.4, -0.2) is 49.8 Å². The second-order valence-electron chi connectivity index (χ2n) is 8.86. The van der Waals surface area contributed by atoms with Gasteiger partial charge in [0.15, 0.2) is 17.2 Å². The van der Waals surface area contributed by atoms with Crippen LogP contribution in [0.4, 0.5) is 17.2 Å². The van der Waals surface area contributed by atoms with E-state index in [2.05, 4.69) is 4.98 Å². The van der Waals surface area contributed by atoms with Gasteiger partial charge < -0.3 is 25.0 Å². The number of carbonyl (C=O) groups is 1. The topological polar surface area (TPSA) is 123 Å². The highest BCUT2D eigenvalue weighted by Crippen LogP contribution is 2.31. The number of amides is 1. The Morgan fingerprint density at radius 3 is 2.33 bits per heavy atom. The van der Waals surface area contributed by atoms with Crippen LogP contribution in [0.25, 0.3) is 0 Å². The van der Waals surface area contributed by atoms with Gasteiger partial charge in [0.1, 0.15) is 5.82 Å². The largest absolute Gasteiger partial charge is 0.493 e. The van der Waals surface area contributed by atoms with Crippen LogP contribution >= 0.6 is 0 Å². The monoisotopic (exact) mass is 495 g/mol. The van der Waals surface area contributed by atoms with E-state index in [0.29, 0.717) is 11.5 Å². The van der Waals surface area contributed by atoms with Crippen LogP contribution in [-0.2, 0) is 11.3 Å². The van der Waals surface area contributed by atoms with E-state index in [1.54, 1.807) is 31.2 Å². The molecule has 10 heteroatoms. The third-order valence-electron chi connectivity index (χ3n) is 5.70. The second kappa shape index (κ2) is 11.5. The quantitative estimate of drug-likeness (QED) is 0.442. The van der Waals surface area contributed by atoms with Crippen LogP contribution in [0.1, 0.15) is 19.4 Å². The molecule has 0 saturated heterocycles. The first-order valence-corrected chi connectivity index (χ1v) is 11.6. The molecule has 1 amide bonds. The van der Waals surface area contributed by atoms with Crippen molar-refractivity contribution in [2.75, 3.05) is 49.9 Å². The Morgan fingerprint density at radius 2 is 1.72 bits per heavy atom. The number of carbonyl (C=O) groups excluding carboxylic acids is 1. The lowest BCUT2D eigenvalue weighted by Gasteiger charge is -2.29. The van der Waals surface area contributed by atoms with E-state index in [1.807, 2.05) is 50.2 Å². The van der Waals surface area contributed by atoms with Gasteiger partial charge in [0.2, 0.25) is 5.91 Å². The number of nitrogens with two attached hydrogens (primary N) is 1. The zero-order valence-electron chi connectivity index (χ0n) is 21.3. The molecule has 1 aromatic heterocycles. The molecule has 0 bridgehead atoms. The average Bonchev–Trinajstić information content (AvgIpc) is 2.85. The molecule has 0 spiro atoms. The van der Waals surface area contributed by atoms with Gasteiger partial charge >= 0.3 is 5.69 Å². The Bertz CT molecular complexity index is 1320. The predicted molar refractivity (Wildman–Crippen MR) is 141 cm³/mol. The Balaban J connectivity index is 1.97. The molecule has 3 rings (SSSR count). The highest BCUT2D eigenvalue weighted by atomic mass is 16.5. The maximum absolute atomic E-state index is 13.5. The van der Waals surface area contributed by atoms with Crippen LogP contribution in [0.15, 0.2) is 58.1 Å². The lowest BCUT2D eigenvalue weighted by molar-refractivity contribution is -0.117. The highest BCUT2D eigenvalue weighted by Gasteiger charge is 2.26. The van der Waals surface area contributed by atoms with Crippen LogP contribution < -0.4 is 36.3 Å². The van der Waals surface area contributed by atoms with Crippen molar-refractivity contribution in [2.45, 2.75) is 20.4 Å². The number of ether oxygens (including phenoxy) is 2. The van der Waals surface area contributed by atoms with Gasteiger partial charge in [0.25, 0.3) is 5.56 Å². The van der Waals surface area contributed by atoms with Crippen molar-refractivity contribution >= 4 is 23.1 Å². The fourth-order valence-electron chi connectivity index (χ4n) is 3.89. The van der Waals surface area contributed by atoms with Crippen molar-refractivity contribution in [3.8, 4) is 11.5 Å². The number of anilines is 3. The zero-order valence-corrected chi connectivity index (χ0v) is 21.3. The van der Waals surface area contributed by atoms with Crippen molar-refractivity contribution in [3.05, 3.63) is 74.9 Å². The van der Waals surface area contributed by atoms with Crippen molar-refractivity contribution in [2.24, 2.45) is 5.92 Å². The Hall–Kier alpha value is -4.21. The van der Waals surface area contributed by atoms with E-state index in [-0.39, 0.29) is 43.0 Å². The molecule has 0 aliphatic rings. The standard InChI is InChI=1S/C26H33N5O5/c1-17(2)14-30(22(32)16-29(3)19-11-12-20(35-4)21(13-19)36-5)23-24(27)31(26(34)28-25(23)33)15-18-9-7-6-8-10-18/h6-13,17H,14-16,27H2,1-5H3,(H,28,33,34). The lowest BCUT2D eigenvalue weighted by Crippen LogP contribution is -2.46. The smallest absolute Gasteiger partial charge is 0.330 e. The molecule has 1 heterocycles. The summed E-state index contributed by atoms with van der Waals surface area (Å²) in [6.45, 7) is 4.23. The van der Waals surface area contributed by atoms with Crippen LogP contribution in [0, 0.1) is 5.92 Å². The molecule has 192 valence electrons. The number of likely N-dealkylation sites (N-methyl/N-ethyl adjacent to an activating group) is 1. The van der Waals surface area contributed by atoms with Crippen LogP contribution in [0.5, 0.6) is 11.5 Å². The maximum atomic E-state index is 13.5. The fourth-order valence-corrected chi connectivity index (χ4v) is 3.89. The number of hydrogen-bond donors (Lipinski definition) is 2. The summed E-state index contributed by atoms with van der Waals surface area (Å²) in [5.74, 6) is 0.733. The number of methoxy groups -OCH3 is 2. The number of nitrogens with zero attached hydrogens (tertiary/aromatic N) is 3. The Kier molecular flexibility index (Phi) is 8.42. The minimum atomic E-state index is -0.704. The van der Waals surface area contributed by atoms with E-state index in [4.69, 9.17) is 15.2 Å². The summed E-state index contributed by atoms with van der Waals surface area (Å²) in [5.41, 5.74) is 6.54. The normalized spacial score (nSPS) is 10.8. The molecule has 36 heavy (non-hydrogen) atoms. The number of nitrogens with one attached hydrogen (secondary N) is 1. The molecule has 0 aliphatic heterocycles. The lowest BCUT2D eigenvalue weighted by atomic mass is 10.2. The van der Waals surface area contributed by atoms with Gasteiger partial charge in [-0.3, -0.25) is 19.1 Å². The van der Waals surface area contributed by atoms with E-state index in [9.17, 15) is 14.4 Å². The van der Waals surface area contributed by atoms with E-state index in [0.717, 1.165) is 11.3 Å². The molecule has 0 aliphatic carbocycles. The van der Waals surface area contributed by atoms with Gasteiger partial charge in [0, 0.05) is 25.3 Å². The summed E-state index contributed by atoms with van der Waals surface area (Å²) < 4.78 is 11.9. The first kappa shape index (κ1) is 26.4. The summed E-state index contributed by atoms with van der Waals surface area (Å²) in [6.07, 6.45) is 0. The number of aromatic nitrogens is 2. The average molecular weight is 496 g/mol. The fraction of sp³-hybridized carbons (Fsp3) is 0.346. The van der Waals surface area contributed by atoms with Gasteiger partial charge in [0.05, 0.1) is 27.3 Å². The first-order valence-electron chi connectivity index (χ1n) is 11.6. The molecule has 3 aromatic rings. The van der Waals surface area contributed by atoms with Crippen molar-refractivity contribution < 1.29 is 14.3 Å². The SMILES string of the molecule is COc1ccc(N(C)CC(=O)N(CC(C)C)c2c(N)n(Cc3ccccc3)c(=O)[nH]c2=O)cc1OC. The molecule has 0 fully saturated rings. The van der Waals surface area contributed by atoms with Gasteiger partial charge in [-0.25, -0.2) is 4.79 Å². The molecule has 0 atom stereocenters. The number of aromatic amines is 1. The number of rotatable bonds is 10. The summed E-state index contributed by atoms with van der Waals surface area (Å²) >= 11 is 0. The van der Waals surface area contributed by atoms with Gasteiger partial charge in [-0.15, -0.1) is 0 Å². The summed E-state index contributed by atoms with van der Waals surface area (Å²) in [7, 11) is 4.85. The Labute approximate surface area is 209 Å². The number of H-pyrrole nitrogens is 1. The predicted octanol–water partition coefficient (Wildman–Crippen LogP) is 2.31. The van der Waals surface area contributed by atoms with Gasteiger partial charge in [-0.05, 0) is 23.6 Å². The van der Waals surface area contributed by atoms with Crippen LogP contribution in [0.3, 0.4) is 0 Å². The Morgan fingerprint density at radius 1 is 1.06 bits per heavy atom. The summed E-state index contributed by atoms with van der Waals surface area (Å²) in [4.78, 5) is 44.5. The minimum absolute atomic E-state index is 0.0358. The van der Waals surface area contributed by atoms with Crippen LogP contribution in [0.2, 0.25) is 0 Å². The number of hydrogen-bond acceptors (Lipinski definition) is 7. The maximum Gasteiger partial charge on any atom is 0.330 e. The van der Waals surface area contributed by atoms with E-state index < -0.39 is 11.2 Å². The molecule has 10 nitrogen and oxygen atoms in total. The van der Waals surface area contributed by atoms with Crippen molar-refractivity contribution in [1.29, 1.82) is 0 Å². The number of benzene rings is 2.